The van der Waals surface area contributed by atoms with Gasteiger partial charge in [-0.1, -0.05) is 146 Å². The van der Waals surface area contributed by atoms with E-state index in [-0.39, 0.29) is 0 Å². The van der Waals surface area contributed by atoms with Gasteiger partial charge in [-0.2, -0.15) is 15.8 Å². The summed E-state index contributed by atoms with van der Waals surface area (Å²) in [5, 5.41) is 36.8. The van der Waals surface area contributed by atoms with Crippen molar-refractivity contribution in [3.8, 4) is 91.4 Å². The maximum absolute atomic E-state index is 10.7. The Labute approximate surface area is 465 Å². The molecular formula is C73H42N8. The predicted molar refractivity (Wildman–Crippen MR) is 326 cm³/mol. The first-order valence-corrected chi connectivity index (χ1v) is 26.7. The summed E-state index contributed by atoms with van der Waals surface area (Å²) < 4.78 is 6.91. The molecular weight excluding hydrogens is 989 g/mol. The molecule has 8 nitrogen and oxygen atoms in total. The Balaban J connectivity index is 0.819. The minimum atomic E-state index is 0.583. The minimum Gasteiger partial charge on any atom is -0.309 e. The van der Waals surface area contributed by atoms with Crippen LogP contribution < -0.4 is 0 Å². The van der Waals surface area contributed by atoms with E-state index in [1.807, 2.05) is 109 Å². The quantitative estimate of drug-likeness (QED) is 0.150. The summed E-state index contributed by atoms with van der Waals surface area (Å²) in [6, 6.07) is 94.4. The fourth-order valence-corrected chi connectivity index (χ4v) is 12.0. The predicted octanol–water partition coefficient (Wildman–Crippen LogP) is 17.7. The molecule has 0 amide bonds. The lowest BCUT2D eigenvalue weighted by molar-refractivity contribution is 1.16. The average Bonchev–Trinajstić information content (AvgIpc) is 4.38. The Hall–Kier alpha value is -11.6. The number of hydrogen-bond acceptors (Lipinski definition) is 5. The molecule has 0 N–H and O–H groups in total. The Bertz CT molecular complexity index is 4930. The van der Waals surface area contributed by atoms with Gasteiger partial charge in [0.15, 0.2) is 5.82 Å². The van der Waals surface area contributed by atoms with E-state index >= 15 is 0 Å². The minimum absolute atomic E-state index is 0.583. The number of para-hydroxylation sites is 2. The largest absolute Gasteiger partial charge is 0.309 e. The molecule has 81 heavy (non-hydrogen) atoms. The zero-order valence-corrected chi connectivity index (χ0v) is 43.3. The van der Waals surface area contributed by atoms with Crippen LogP contribution in [0.15, 0.2) is 255 Å². The lowest BCUT2D eigenvalue weighted by Crippen LogP contribution is -1.96. The van der Waals surface area contributed by atoms with Crippen molar-refractivity contribution in [2.24, 2.45) is 0 Å². The van der Waals surface area contributed by atoms with Crippen molar-refractivity contribution < 1.29 is 0 Å². The van der Waals surface area contributed by atoms with Crippen molar-refractivity contribution in [2.45, 2.75) is 0 Å². The molecule has 0 aliphatic carbocycles. The lowest BCUT2D eigenvalue weighted by Gasteiger charge is -2.13. The smallest absolute Gasteiger partial charge is 0.160 e. The van der Waals surface area contributed by atoms with Crippen LogP contribution in [0.4, 0.5) is 0 Å². The average molecular weight is 1030 g/mol. The maximum Gasteiger partial charge on any atom is 0.160 e. The number of benzene rings is 11. The summed E-state index contributed by atoms with van der Waals surface area (Å²) in [5.41, 5.74) is 19.4. The molecule has 0 radical (unpaired) electrons. The Kier molecular flexibility index (Phi) is 10.8. The van der Waals surface area contributed by atoms with E-state index in [4.69, 9.17) is 9.97 Å². The van der Waals surface area contributed by atoms with Gasteiger partial charge in [0.25, 0.3) is 0 Å². The molecule has 15 aromatic rings. The van der Waals surface area contributed by atoms with E-state index in [1.54, 1.807) is 0 Å². The van der Waals surface area contributed by atoms with Gasteiger partial charge in [-0.05, 0) is 131 Å². The van der Waals surface area contributed by atoms with Crippen molar-refractivity contribution in [2.75, 3.05) is 0 Å². The lowest BCUT2D eigenvalue weighted by atomic mass is 9.94. The second-order valence-electron chi connectivity index (χ2n) is 20.3. The first-order chi connectivity index (χ1) is 40.0. The van der Waals surface area contributed by atoms with E-state index in [0.29, 0.717) is 22.5 Å². The third kappa shape index (κ3) is 7.73. The number of hydrogen-bond donors (Lipinski definition) is 0. The van der Waals surface area contributed by atoms with Gasteiger partial charge >= 0.3 is 0 Å². The van der Waals surface area contributed by atoms with Crippen LogP contribution in [-0.2, 0) is 0 Å². The van der Waals surface area contributed by atoms with Gasteiger partial charge in [0.2, 0.25) is 0 Å². The second-order valence-corrected chi connectivity index (χ2v) is 20.3. The summed E-state index contributed by atoms with van der Waals surface area (Å²) in [5.74, 6) is 0.666. The molecule has 0 atom stereocenters. The van der Waals surface area contributed by atoms with Crippen molar-refractivity contribution in [3.63, 3.8) is 0 Å². The third-order valence-electron chi connectivity index (χ3n) is 15.8. The van der Waals surface area contributed by atoms with Crippen LogP contribution in [0.3, 0.4) is 0 Å². The van der Waals surface area contributed by atoms with E-state index in [9.17, 15) is 15.8 Å². The number of nitrogens with zero attached hydrogens (tertiary/aromatic N) is 8. The van der Waals surface area contributed by atoms with Gasteiger partial charge in [-0.15, -0.1) is 0 Å². The Morgan fingerprint density at radius 2 is 0.679 bits per heavy atom. The number of fused-ring (bicyclic) bond motifs is 9. The first-order valence-electron chi connectivity index (χ1n) is 26.7. The normalized spacial score (nSPS) is 11.4. The standard InChI is InChI=1S/C73H42N8/c74-43-46-19-33-69-61(37-46)59-15-7-9-17-67(59)80(69)56-30-35-71-63(40-56)64-41-57(81-68-18-10-8-16-60(68)62-38-47(44-75)20-34-70(62)81)31-36-72(64)79(71)55-28-25-49(26-29-55)58-32-27-53(39-54(58)45-76)48-21-23-51(24-22-48)66-42-65(50-11-3-1-4-12-50)77-73(78-66)52-13-5-2-6-14-52/h1-42H. The molecule has 0 aliphatic rings. The first kappa shape index (κ1) is 46.7. The zero-order valence-electron chi connectivity index (χ0n) is 43.3. The molecule has 0 unspecified atom stereocenters. The Morgan fingerprint density at radius 1 is 0.272 bits per heavy atom. The number of nitriles is 3. The van der Waals surface area contributed by atoms with Gasteiger partial charge in [-0.25, -0.2) is 9.97 Å². The van der Waals surface area contributed by atoms with Crippen LogP contribution in [0.25, 0.3) is 139 Å². The van der Waals surface area contributed by atoms with Crippen LogP contribution in [0.2, 0.25) is 0 Å². The molecule has 0 spiro atoms. The summed E-state index contributed by atoms with van der Waals surface area (Å²) in [6.45, 7) is 0. The van der Waals surface area contributed by atoms with Crippen LogP contribution in [0.1, 0.15) is 16.7 Å². The number of aromatic nitrogens is 5. The fraction of sp³-hybridized carbons (Fsp3) is 0. The highest BCUT2D eigenvalue weighted by Crippen LogP contribution is 2.41. The van der Waals surface area contributed by atoms with Gasteiger partial charge in [0.1, 0.15) is 0 Å². The molecule has 11 aromatic carbocycles. The highest BCUT2D eigenvalue weighted by Gasteiger charge is 2.21. The third-order valence-corrected chi connectivity index (χ3v) is 15.8. The fourth-order valence-electron chi connectivity index (χ4n) is 12.0. The summed E-state index contributed by atoms with van der Waals surface area (Å²) in [7, 11) is 0. The van der Waals surface area contributed by atoms with E-state index < -0.39 is 0 Å². The summed E-state index contributed by atoms with van der Waals surface area (Å²) in [6.07, 6.45) is 0. The van der Waals surface area contributed by atoms with E-state index in [1.165, 1.54) is 0 Å². The van der Waals surface area contributed by atoms with E-state index in [2.05, 4.69) is 178 Å². The second kappa shape index (κ2) is 18.8. The van der Waals surface area contributed by atoms with Gasteiger partial charge in [-0.3, -0.25) is 0 Å². The molecule has 0 bridgehead atoms. The van der Waals surface area contributed by atoms with Gasteiger partial charge < -0.3 is 13.7 Å². The van der Waals surface area contributed by atoms with Crippen molar-refractivity contribution in [1.29, 1.82) is 15.8 Å². The highest BCUT2D eigenvalue weighted by molar-refractivity contribution is 6.14. The molecule has 374 valence electrons. The van der Waals surface area contributed by atoms with Gasteiger partial charge in [0, 0.05) is 66.1 Å². The highest BCUT2D eigenvalue weighted by atomic mass is 15.0. The molecule has 8 heteroatoms. The summed E-state index contributed by atoms with van der Waals surface area (Å²) in [4.78, 5) is 9.99. The van der Waals surface area contributed by atoms with E-state index in [0.717, 1.165) is 133 Å². The Morgan fingerprint density at radius 3 is 1.21 bits per heavy atom. The number of rotatable bonds is 8. The summed E-state index contributed by atoms with van der Waals surface area (Å²) >= 11 is 0. The SMILES string of the molecule is N#Cc1ccc2c(c1)c1ccccc1n2-c1ccc2c(c1)c1cc(-n3c4ccccc4c4cc(C#N)ccc43)ccc1n2-c1ccc(-c2ccc(-c3ccc(-c4cc(-c5ccccc5)nc(-c5ccccc5)n4)cc3)cc2C#N)cc1. The molecule has 4 aromatic heterocycles. The molecule has 0 saturated heterocycles. The van der Waals surface area contributed by atoms with Crippen LogP contribution >= 0.6 is 0 Å². The van der Waals surface area contributed by atoms with Crippen LogP contribution in [0, 0.1) is 34.0 Å². The van der Waals surface area contributed by atoms with Crippen molar-refractivity contribution >= 4 is 65.4 Å². The molecule has 0 saturated carbocycles. The van der Waals surface area contributed by atoms with Gasteiger partial charge in [0.05, 0.1) is 79.4 Å². The molecule has 15 rings (SSSR count). The molecule has 0 fully saturated rings. The maximum atomic E-state index is 10.7. The zero-order chi connectivity index (χ0) is 54.1. The molecule has 0 aliphatic heterocycles. The van der Waals surface area contributed by atoms with Crippen LogP contribution in [0.5, 0.6) is 0 Å². The van der Waals surface area contributed by atoms with Crippen LogP contribution in [-0.4, -0.2) is 23.7 Å². The van der Waals surface area contributed by atoms with Crippen molar-refractivity contribution in [3.05, 3.63) is 271 Å². The molecule has 4 heterocycles. The monoisotopic (exact) mass is 1030 g/mol. The topological polar surface area (TPSA) is 112 Å². The van der Waals surface area contributed by atoms with Crippen molar-refractivity contribution in [1.82, 2.24) is 23.7 Å².